The number of phenolic OH excluding ortho intramolecular Hbond substituents is 2. The minimum Gasteiger partial charge on any atom is -0.508 e. The molecule has 0 amide bonds. The van der Waals surface area contributed by atoms with Gasteiger partial charge in [-0.15, -0.1) is 0 Å². The summed E-state index contributed by atoms with van der Waals surface area (Å²) in [6.07, 6.45) is 0.814. The molecule has 3 aromatic carbocycles. The van der Waals surface area contributed by atoms with Gasteiger partial charge in [-0.2, -0.15) is 0 Å². The predicted molar refractivity (Wildman–Crippen MR) is 145 cm³/mol. The van der Waals surface area contributed by atoms with Gasteiger partial charge in [-0.25, -0.2) is 0 Å². The average molecular weight is 502 g/mol. The van der Waals surface area contributed by atoms with E-state index in [0.717, 1.165) is 52.6 Å². The van der Waals surface area contributed by atoms with E-state index in [9.17, 15) is 10.2 Å². The second-order valence-corrected chi connectivity index (χ2v) is 10.2. The number of ether oxygens (including phenoxy) is 3. The molecule has 194 valence electrons. The smallest absolute Gasteiger partial charge is 0.150 e. The molecule has 5 rings (SSSR count). The van der Waals surface area contributed by atoms with Crippen LogP contribution < -0.4 is 14.2 Å². The van der Waals surface area contributed by atoms with Crippen LogP contribution in [0.5, 0.6) is 28.7 Å². The predicted octanol–water partition coefficient (Wildman–Crippen LogP) is 6.28. The number of phenols is 2. The van der Waals surface area contributed by atoms with Gasteiger partial charge >= 0.3 is 0 Å². The van der Waals surface area contributed by atoms with E-state index in [1.807, 2.05) is 31.2 Å². The second-order valence-electron chi connectivity index (χ2n) is 10.2. The van der Waals surface area contributed by atoms with Gasteiger partial charge in [-0.05, 0) is 92.4 Å². The summed E-state index contributed by atoms with van der Waals surface area (Å²) in [7, 11) is 1.61. The van der Waals surface area contributed by atoms with Crippen molar-refractivity contribution >= 4 is 11.1 Å². The molecule has 0 bridgehead atoms. The van der Waals surface area contributed by atoms with Gasteiger partial charge in [-0.1, -0.05) is 19.1 Å². The van der Waals surface area contributed by atoms with Crippen LogP contribution in [0.3, 0.4) is 0 Å². The van der Waals surface area contributed by atoms with Gasteiger partial charge in [0.05, 0.1) is 7.11 Å². The molecule has 3 atom stereocenters. The molecule has 2 heterocycles. The van der Waals surface area contributed by atoms with Gasteiger partial charge in [0.1, 0.15) is 41.5 Å². The van der Waals surface area contributed by atoms with Crippen molar-refractivity contribution in [3.63, 3.8) is 0 Å². The number of hydrogen-bond donors (Lipinski definition) is 2. The third kappa shape index (κ3) is 5.12. The minimum atomic E-state index is -0.438. The topological polar surface area (TPSA) is 71.4 Å². The number of methoxy groups -OCH3 is 1. The molecular weight excluding hydrogens is 466 g/mol. The standard InChI is InChI=1S/C31H35NO5/c1-19-13-14-32(17-19)20(2)18-36-25-9-5-22(6-10-25)31-30(27-16-24(34)7-11-28(27)35-4)21(3)26-15-23(33)8-12-29(26)37-31/h5-12,15-16,19-20,31,33-34H,13-14,17-18H2,1-4H3/t19-,20+,31?/m1/s1. The van der Waals surface area contributed by atoms with Crippen molar-refractivity contribution in [2.45, 2.75) is 39.3 Å². The molecule has 0 saturated carbocycles. The van der Waals surface area contributed by atoms with Gasteiger partial charge in [-0.3, -0.25) is 4.90 Å². The Kier molecular flexibility index (Phi) is 7.02. The number of hydrogen-bond acceptors (Lipinski definition) is 6. The lowest BCUT2D eigenvalue weighted by atomic mass is 9.85. The minimum absolute atomic E-state index is 0.141. The van der Waals surface area contributed by atoms with Gasteiger partial charge in [0.2, 0.25) is 0 Å². The fourth-order valence-corrected chi connectivity index (χ4v) is 5.36. The highest BCUT2D eigenvalue weighted by Crippen LogP contribution is 2.49. The molecule has 6 heteroatoms. The van der Waals surface area contributed by atoms with Crippen molar-refractivity contribution in [3.05, 3.63) is 77.4 Å². The van der Waals surface area contributed by atoms with Gasteiger partial charge in [0.25, 0.3) is 0 Å². The lowest BCUT2D eigenvalue weighted by Crippen LogP contribution is -2.35. The Balaban J connectivity index is 1.45. The summed E-state index contributed by atoms with van der Waals surface area (Å²) in [6.45, 7) is 9.44. The maximum Gasteiger partial charge on any atom is 0.150 e. The lowest BCUT2D eigenvalue weighted by molar-refractivity contribution is 0.169. The fourth-order valence-electron chi connectivity index (χ4n) is 5.36. The van der Waals surface area contributed by atoms with Crippen LogP contribution in [0.25, 0.3) is 11.1 Å². The van der Waals surface area contributed by atoms with Crippen LogP contribution in [0.1, 0.15) is 50.0 Å². The molecule has 3 aromatic rings. The molecule has 1 saturated heterocycles. The number of allylic oxidation sites excluding steroid dienone is 1. The molecule has 1 unspecified atom stereocenters. The summed E-state index contributed by atoms with van der Waals surface area (Å²) in [5.41, 5.74) is 4.32. The number of fused-ring (bicyclic) bond motifs is 1. The number of likely N-dealkylation sites (tertiary alicyclic amines) is 1. The van der Waals surface area contributed by atoms with Crippen molar-refractivity contribution in [3.8, 4) is 28.7 Å². The fraction of sp³-hybridized carbons (Fsp3) is 0.355. The van der Waals surface area contributed by atoms with E-state index in [2.05, 4.69) is 18.7 Å². The van der Waals surface area contributed by atoms with E-state index in [4.69, 9.17) is 14.2 Å². The highest BCUT2D eigenvalue weighted by molar-refractivity contribution is 5.97. The van der Waals surface area contributed by atoms with E-state index in [0.29, 0.717) is 24.1 Å². The Labute approximate surface area is 218 Å². The Bertz CT molecular complexity index is 1300. The first-order valence-corrected chi connectivity index (χ1v) is 12.9. The third-order valence-corrected chi connectivity index (χ3v) is 7.50. The number of aromatic hydroxyl groups is 2. The van der Waals surface area contributed by atoms with Crippen molar-refractivity contribution in [1.82, 2.24) is 4.90 Å². The van der Waals surface area contributed by atoms with Crippen LogP contribution in [0, 0.1) is 5.92 Å². The molecule has 0 spiro atoms. The van der Waals surface area contributed by atoms with E-state index in [1.165, 1.54) is 6.42 Å². The third-order valence-electron chi connectivity index (χ3n) is 7.50. The molecule has 37 heavy (non-hydrogen) atoms. The first-order chi connectivity index (χ1) is 17.8. The van der Waals surface area contributed by atoms with E-state index in [1.54, 1.807) is 43.5 Å². The number of rotatable bonds is 7. The summed E-state index contributed by atoms with van der Waals surface area (Å²) < 4.78 is 18.3. The van der Waals surface area contributed by atoms with Crippen molar-refractivity contribution < 1.29 is 24.4 Å². The Morgan fingerprint density at radius 2 is 1.70 bits per heavy atom. The number of benzene rings is 3. The summed E-state index contributed by atoms with van der Waals surface area (Å²) in [6, 6.07) is 18.6. The number of nitrogens with zero attached hydrogens (tertiary/aromatic N) is 1. The van der Waals surface area contributed by atoms with Crippen LogP contribution in [-0.4, -0.2) is 48.0 Å². The van der Waals surface area contributed by atoms with Crippen molar-refractivity contribution in [1.29, 1.82) is 0 Å². The quantitative estimate of drug-likeness (QED) is 0.397. The lowest BCUT2D eigenvalue weighted by Gasteiger charge is -2.32. The van der Waals surface area contributed by atoms with Gasteiger partial charge < -0.3 is 24.4 Å². The summed E-state index contributed by atoms with van der Waals surface area (Å²) in [5.74, 6) is 3.21. The van der Waals surface area contributed by atoms with Crippen LogP contribution in [-0.2, 0) is 0 Å². The molecule has 0 radical (unpaired) electrons. The zero-order valence-corrected chi connectivity index (χ0v) is 21.9. The molecular formula is C31H35NO5. The first kappa shape index (κ1) is 25.0. The summed E-state index contributed by atoms with van der Waals surface area (Å²) >= 11 is 0. The van der Waals surface area contributed by atoms with Crippen LogP contribution in [0.4, 0.5) is 0 Å². The molecule has 1 fully saturated rings. The molecule has 2 aliphatic rings. The van der Waals surface area contributed by atoms with E-state index in [-0.39, 0.29) is 11.5 Å². The Morgan fingerprint density at radius 1 is 1.00 bits per heavy atom. The van der Waals surface area contributed by atoms with Gasteiger partial charge in [0, 0.05) is 29.3 Å². The first-order valence-electron chi connectivity index (χ1n) is 12.9. The summed E-state index contributed by atoms with van der Waals surface area (Å²) in [5, 5.41) is 20.4. The zero-order valence-electron chi connectivity index (χ0n) is 21.9. The SMILES string of the molecule is COc1ccc(O)cc1C1=C(C)c2cc(O)ccc2OC1c1ccc(OC[C@H](C)N2CC[C@@H](C)C2)cc1. The summed E-state index contributed by atoms with van der Waals surface area (Å²) in [4.78, 5) is 2.49. The zero-order chi connectivity index (χ0) is 26.1. The van der Waals surface area contributed by atoms with Crippen LogP contribution in [0.2, 0.25) is 0 Å². The van der Waals surface area contributed by atoms with Crippen molar-refractivity contribution in [2.24, 2.45) is 5.92 Å². The monoisotopic (exact) mass is 501 g/mol. The van der Waals surface area contributed by atoms with E-state index >= 15 is 0 Å². The molecule has 0 aliphatic carbocycles. The normalized spacial score (nSPS) is 20.3. The van der Waals surface area contributed by atoms with Crippen LogP contribution in [0.15, 0.2) is 60.7 Å². The van der Waals surface area contributed by atoms with Crippen molar-refractivity contribution in [2.75, 3.05) is 26.8 Å². The van der Waals surface area contributed by atoms with E-state index < -0.39 is 6.10 Å². The van der Waals surface area contributed by atoms with Gasteiger partial charge in [0.15, 0.2) is 0 Å². The maximum atomic E-state index is 10.3. The second kappa shape index (κ2) is 10.4. The molecule has 0 aromatic heterocycles. The highest BCUT2D eigenvalue weighted by Gasteiger charge is 2.31. The largest absolute Gasteiger partial charge is 0.508 e. The molecule has 6 nitrogen and oxygen atoms in total. The molecule has 2 N–H and O–H groups in total. The highest BCUT2D eigenvalue weighted by atomic mass is 16.5. The maximum absolute atomic E-state index is 10.3. The molecule has 2 aliphatic heterocycles. The Morgan fingerprint density at radius 3 is 2.38 bits per heavy atom. The average Bonchev–Trinajstić information content (AvgIpc) is 3.34. The Hall–Kier alpha value is -3.64. The van der Waals surface area contributed by atoms with Crippen LogP contribution >= 0.6 is 0 Å².